The summed E-state index contributed by atoms with van der Waals surface area (Å²) in [5.41, 5.74) is 1.76. The smallest absolute Gasteiger partial charge is 0.415 e. The Morgan fingerprint density at radius 3 is 2.52 bits per heavy atom. The second-order valence-electron chi connectivity index (χ2n) is 6.88. The van der Waals surface area contributed by atoms with E-state index in [2.05, 4.69) is 4.99 Å². The molecular weight excluding hydrogens is 320 g/mol. The van der Waals surface area contributed by atoms with Crippen molar-refractivity contribution in [3.63, 3.8) is 0 Å². The number of hydrogen-bond donors (Lipinski definition) is 0. The summed E-state index contributed by atoms with van der Waals surface area (Å²) in [5, 5.41) is 0. The van der Waals surface area contributed by atoms with Gasteiger partial charge in [-0.05, 0) is 64.5 Å². The Morgan fingerprint density at radius 2 is 2.00 bits per heavy atom. The summed E-state index contributed by atoms with van der Waals surface area (Å²) in [7, 11) is 0. The molecule has 0 saturated carbocycles. The fraction of sp³-hybridized carbons (Fsp3) is 0.421. The van der Waals surface area contributed by atoms with Crippen LogP contribution in [0.5, 0.6) is 5.75 Å². The van der Waals surface area contributed by atoms with E-state index in [0.717, 1.165) is 11.3 Å². The molecule has 6 heteroatoms. The highest BCUT2D eigenvalue weighted by molar-refractivity contribution is 5.97. The van der Waals surface area contributed by atoms with Crippen LogP contribution in [-0.4, -0.2) is 41.4 Å². The van der Waals surface area contributed by atoms with Crippen LogP contribution in [0.25, 0.3) is 0 Å². The number of aliphatic imine (C=N–C) groups is 1. The van der Waals surface area contributed by atoms with Crippen LogP contribution in [0.1, 0.15) is 43.6 Å². The SMILES string of the molecule is CC(=O)c1ccc(OCC2=NCN(C(=O)OC(C)(C)C)C=C2)cc1C. The molecule has 0 aromatic heterocycles. The fourth-order valence-corrected chi connectivity index (χ4v) is 2.25. The molecule has 0 fully saturated rings. The standard InChI is InChI=1S/C19H24N2O4/c1-13-10-16(6-7-17(13)14(2)22)24-11-15-8-9-21(12-20-15)18(23)25-19(3,4)5/h6-10H,11-12H2,1-5H3. The predicted octanol–water partition coefficient (Wildman–Crippen LogP) is 3.74. The van der Waals surface area contributed by atoms with Gasteiger partial charge < -0.3 is 9.47 Å². The maximum Gasteiger partial charge on any atom is 0.415 e. The van der Waals surface area contributed by atoms with Gasteiger partial charge in [0.05, 0.1) is 5.71 Å². The zero-order chi connectivity index (χ0) is 18.6. The van der Waals surface area contributed by atoms with Gasteiger partial charge in [-0.15, -0.1) is 0 Å². The van der Waals surface area contributed by atoms with Gasteiger partial charge in [0.25, 0.3) is 0 Å². The minimum atomic E-state index is -0.540. The van der Waals surface area contributed by atoms with Crippen molar-refractivity contribution in [3.8, 4) is 5.75 Å². The Balaban J connectivity index is 1.89. The molecule has 2 rings (SSSR count). The van der Waals surface area contributed by atoms with Crippen LogP contribution in [0.2, 0.25) is 0 Å². The minimum Gasteiger partial charge on any atom is -0.487 e. The van der Waals surface area contributed by atoms with Crippen LogP contribution < -0.4 is 4.74 Å². The van der Waals surface area contributed by atoms with Crippen LogP contribution in [0.4, 0.5) is 4.79 Å². The number of nitrogens with zero attached hydrogens (tertiary/aromatic N) is 2. The molecule has 0 bridgehead atoms. The zero-order valence-electron chi connectivity index (χ0n) is 15.3. The normalized spacial score (nSPS) is 14.1. The lowest BCUT2D eigenvalue weighted by atomic mass is 10.1. The van der Waals surface area contributed by atoms with Gasteiger partial charge in [-0.1, -0.05) is 0 Å². The van der Waals surface area contributed by atoms with Gasteiger partial charge in [0.2, 0.25) is 0 Å². The topological polar surface area (TPSA) is 68.2 Å². The third kappa shape index (κ3) is 5.45. The molecule has 0 N–H and O–H groups in total. The van der Waals surface area contributed by atoms with Crippen LogP contribution >= 0.6 is 0 Å². The number of amides is 1. The van der Waals surface area contributed by atoms with Crippen molar-refractivity contribution in [1.82, 2.24) is 4.90 Å². The van der Waals surface area contributed by atoms with Crippen molar-refractivity contribution in [2.75, 3.05) is 13.3 Å². The van der Waals surface area contributed by atoms with Crippen LogP contribution in [-0.2, 0) is 4.74 Å². The molecule has 1 amide bonds. The highest BCUT2D eigenvalue weighted by atomic mass is 16.6. The molecule has 0 saturated heterocycles. The minimum absolute atomic E-state index is 0.0332. The van der Waals surface area contributed by atoms with Crippen molar-refractivity contribution < 1.29 is 19.1 Å². The maximum atomic E-state index is 11.9. The molecule has 1 aliphatic heterocycles. The predicted molar refractivity (Wildman–Crippen MR) is 96.2 cm³/mol. The van der Waals surface area contributed by atoms with Gasteiger partial charge in [0.1, 0.15) is 24.6 Å². The van der Waals surface area contributed by atoms with Crippen molar-refractivity contribution in [3.05, 3.63) is 41.6 Å². The Hall–Kier alpha value is -2.63. The number of benzene rings is 1. The molecule has 1 aliphatic rings. The summed E-state index contributed by atoms with van der Waals surface area (Å²) in [5.74, 6) is 0.707. The Labute approximate surface area is 148 Å². The lowest BCUT2D eigenvalue weighted by Crippen LogP contribution is -2.35. The Bertz CT molecular complexity index is 729. The zero-order valence-corrected chi connectivity index (χ0v) is 15.3. The number of carbonyl (C=O) groups excluding carboxylic acids is 2. The molecule has 0 atom stereocenters. The average Bonchev–Trinajstić information content (AvgIpc) is 2.51. The molecule has 1 aromatic carbocycles. The summed E-state index contributed by atoms with van der Waals surface area (Å²) >= 11 is 0. The summed E-state index contributed by atoms with van der Waals surface area (Å²) in [6.45, 7) is 9.37. The van der Waals surface area contributed by atoms with Crippen molar-refractivity contribution in [2.24, 2.45) is 4.99 Å². The molecule has 6 nitrogen and oxygen atoms in total. The number of Topliss-reactive ketones (excluding diaryl/α,β-unsaturated/α-hetero) is 1. The van der Waals surface area contributed by atoms with Crippen LogP contribution in [0.3, 0.4) is 0 Å². The third-order valence-electron chi connectivity index (χ3n) is 3.46. The van der Waals surface area contributed by atoms with E-state index in [1.54, 1.807) is 31.3 Å². The molecule has 0 radical (unpaired) electrons. The van der Waals surface area contributed by atoms with Crippen molar-refractivity contribution in [2.45, 2.75) is 40.2 Å². The number of carbonyl (C=O) groups is 2. The summed E-state index contributed by atoms with van der Waals surface area (Å²) in [6, 6.07) is 5.36. The maximum absolute atomic E-state index is 11.9. The number of rotatable bonds is 4. The molecule has 0 unspecified atom stereocenters. The molecule has 25 heavy (non-hydrogen) atoms. The van der Waals surface area contributed by atoms with E-state index in [1.165, 1.54) is 4.90 Å². The van der Waals surface area contributed by atoms with Crippen molar-refractivity contribution in [1.29, 1.82) is 0 Å². The monoisotopic (exact) mass is 344 g/mol. The van der Waals surface area contributed by atoms with E-state index in [1.807, 2.05) is 33.8 Å². The molecule has 0 aliphatic carbocycles. The highest BCUT2D eigenvalue weighted by Crippen LogP contribution is 2.18. The first-order chi connectivity index (χ1) is 11.7. The highest BCUT2D eigenvalue weighted by Gasteiger charge is 2.21. The average molecular weight is 344 g/mol. The molecular formula is C19H24N2O4. The molecule has 134 valence electrons. The quantitative estimate of drug-likeness (QED) is 0.780. The largest absolute Gasteiger partial charge is 0.487 e. The second kappa shape index (κ2) is 7.51. The van der Waals surface area contributed by atoms with E-state index in [0.29, 0.717) is 11.3 Å². The van der Waals surface area contributed by atoms with Gasteiger partial charge in [0.15, 0.2) is 5.78 Å². The van der Waals surface area contributed by atoms with Gasteiger partial charge in [-0.3, -0.25) is 14.7 Å². The summed E-state index contributed by atoms with van der Waals surface area (Å²) < 4.78 is 11.0. The number of aryl methyl sites for hydroxylation is 1. The van der Waals surface area contributed by atoms with E-state index >= 15 is 0 Å². The summed E-state index contributed by atoms with van der Waals surface area (Å²) in [6.07, 6.45) is 2.94. The first-order valence-corrected chi connectivity index (χ1v) is 8.11. The van der Waals surface area contributed by atoms with Crippen LogP contribution in [0, 0.1) is 6.92 Å². The lowest BCUT2D eigenvalue weighted by Gasteiger charge is -2.25. The van der Waals surface area contributed by atoms with E-state index in [-0.39, 0.29) is 19.1 Å². The molecule has 1 heterocycles. The van der Waals surface area contributed by atoms with Gasteiger partial charge in [0, 0.05) is 11.8 Å². The fourth-order valence-electron chi connectivity index (χ4n) is 2.25. The number of ether oxygens (including phenoxy) is 2. The Morgan fingerprint density at radius 1 is 1.28 bits per heavy atom. The van der Waals surface area contributed by atoms with Gasteiger partial charge in [-0.25, -0.2) is 4.79 Å². The first-order valence-electron chi connectivity index (χ1n) is 8.11. The summed E-state index contributed by atoms with van der Waals surface area (Å²) in [4.78, 5) is 29.1. The van der Waals surface area contributed by atoms with E-state index in [9.17, 15) is 9.59 Å². The van der Waals surface area contributed by atoms with Gasteiger partial charge >= 0.3 is 6.09 Å². The van der Waals surface area contributed by atoms with Crippen molar-refractivity contribution >= 4 is 17.6 Å². The second-order valence-corrected chi connectivity index (χ2v) is 6.88. The van der Waals surface area contributed by atoms with E-state index < -0.39 is 11.7 Å². The van der Waals surface area contributed by atoms with E-state index in [4.69, 9.17) is 9.47 Å². The number of hydrogen-bond acceptors (Lipinski definition) is 5. The lowest BCUT2D eigenvalue weighted by molar-refractivity contribution is 0.0338. The molecule has 0 spiro atoms. The Kier molecular flexibility index (Phi) is 5.62. The number of ketones is 1. The van der Waals surface area contributed by atoms with Gasteiger partial charge in [-0.2, -0.15) is 0 Å². The molecule has 1 aromatic rings. The third-order valence-corrected chi connectivity index (χ3v) is 3.46. The first kappa shape index (κ1) is 18.7. The van der Waals surface area contributed by atoms with Crippen LogP contribution in [0.15, 0.2) is 35.5 Å².